The van der Waals surface area contributed by atoms with E-state index in [4.69, 9.17) is 16.3 Å². The summed E-state index contributed by atoms with van der Waals surface area (Å²) in [6, 6.07) is 3.25. The molecule has 0 saturated carbocycles. The minimum atomic E-state index is -4.90. The molecule has 0 saturated heterocycles. The smallest absolute Gasteiger partial charge is 0.454 e. The molecule has 0 amide bonds. The van der Waals surface area contributed by atoms with Crippen molar-refractivity contribution in [3.05, 3.63) is 28.8 Å². The van der Waals surface area contributed by atoms with Gasteiger partial charge < -0.3 is 4.74 Å². The van der Waals surface area contributed by atoms with E-state index in [0.717, 1.165) is 12.1 Å². The highest BCUT2D eigenvalue weighted by molar-refractivity contribution is 6.32. The molecule has 0 atom stereocenters. The maximum atomic E-state index is 12.2. The zero-order valence-corrected chi connectivity index (χ0v) is 9.89. The number of carbonyl (C=O) groups is 1. The Bertz CT molecular complexity index is 427. The van der Waals surface area contributed by atoms with Gasteiger partial charge in [-0.05, 0) is 32.0 Å². The van der Waals surface area contributed by atoms with Crippen LogP contribution in [0.1, 0.15) is 24.2 Å². The van der Waals surface area contributed by atoms with Gasteiger partial charge in [-0.1, -0.05) is 11.6 Å². The molecule has 0 heterocycles. The van der Waals surface area contributed by atoms with E-state index in [9.17, 15) is 18.0 Å². The number of hydrogen-bond acceptors (Lipinski definition) is 2. The first-order valence-corrected chi connectivity index (χ1v) is 5.17. The van der Waals surface area contributed by atoms with Gasteiger partial charge in [-0.3, -0.25) is 4.79 Å². The van der Waals surface area contributed by atoms with Gasteiger partial charge in [-0.25, -0.2) is 0 Å². The lowest BCUT2D eigenvalue weighted by atomic mass is 10.1. The molecule has 0 aliphatic carbocycles. The van der Waals surface area contributed by atoms with Crippen LogP contribution in [0.5, 0.6) is 5.75 Å². The molecular weight excluding hydrogens is 257 g/mol. The average molecular weight is 267 g/mol. The Labute approximate surface area is 101 Å². The Morgan fingerprint density at radius 2 is 1.94 bits per heavy atom. The third-order valence-electron chi connectivity index (χ3n) is 1.81. The van der Waals surface area contributed by atoms with Gasteiger partial charge >= 0.3 is 6.18 Å². The molecule has 1 rings (SSSR count). The first-order valence-electron chi connectivity index (χ1n) is 4.79. The molecule has 0 aromatic heterocycles. The highest BCUT2D eigenvalue weighted by Gasteiger charge is 2.39. The second kappa shape index (κ2) is 4.96. The van der Waals surface area contributed by atoms with Crippen LogP contribution < -0.4 is 4.74 Å². The summed E-state index contributed by atoms with van der Waals surface area (Å²) >= 11 is 5.72. The van der Waals surface area contributed by atoms with E-state index in [1.165, 1.54) is 6.07 Å². The molecule has 1 aromatic rings. The SMILES string of the molecule is CC(C)Oc1ccc(C(=O)C(F)(F)F)cc1Cl. The average Bonchev–Trinajstić information content (AvgIpc) is 2.18. The lowest BCUT2D eigenvalue weighted by molar-refractivity contribution is -0.0885. The fourth-order valence-electron chi connectivity index (χ4n) is 1.16. The first-order chi connectivity index (χ1) is 7.71. The minimum absolute atomic E-state index is 0.0196. The van der Waals surface area contributed by atoms with E-state index >= 15 is 0 Å². The van der Waals surface area contributed by atoms with E-state index in [2.05, 4.69) is 0 Å². The number of hydrogen-bond donors (Lipinski definition) is 0. The third-order valence-corrected chi connectivity index (χ3v) is 2.11. The molecule has 0 spiro atoms. The number of carbonyl (C=O) groups excluding carboxylic acids is 1. The molecule has 2 nitrogen and oxygen atoms in total. The Balaban J connectivity index is 3.01. The Hall–Kier alpha value is -1.23. The molecule has 6 heteroatoms. The topological polar surface area (TPSA) is 26.3 Å². The van der Waals surface area contributed by atoms with Crippen LogP contribution in [-0.2, 0) is 0 Å². The maximum absolute atomic E-state index is 12.2. The molecule has 0 aliphatic rings. The lowest BCUT2D eigenvalue weighted by Gasteiger charge is -2.12. The Morgan fingerprint density at radius 1 is 1.35 bits per heavy atom. The van der Waals surface area contributed by atoms with Gasteiger partial charge in [0.2, 0.25) is 0 Å². The van der Waals surface area contributed by atoms with E-state index in [-0.39, 0.29) is 16.9 Å². The van der Waals surface area contributed by atoms with Gasteiger partial charge in [-0.2, -0.15) is 13.2 Å². The van der Waals surface area contributed by atoms with Crippen LogP contribution in [-0.4, -0.2) is 18.1 Å². The molecule has 0 radical (unpaired) electrons. The van der Waals surface area contributed by atoms with Crippen molar-refractivity contribution < 1.29 is 22.7 Å². The van der Waals surface area contributed by atoms with Crippen molar-refractivity contribution in [1.29, 1.82) is 0 Å². The van der Waals surface area contributed by atoms with Crippen molar-refractivity contribution in [1.82, 2.24) is 0 Å². The first kappa shape index (κ1) is 13.8. The fourth-order valence-corrected chi connectivity index (χ4v) is 1.38. The van der Waals surface area contributed by atoms with Crippen molar-refractivity contribution in [2.24, 2.45) is 0 Å². The van der Waals surface area contributed by atoms with Crippen LogP contribution in [0, 0.1) is 0 Å². The fraction of sp³-hybridized carbons (Fsp3) is 0.364. The van der Waals surface area contributed by atoms with Crippen LogP contribution in [0.15, 0.2) is 18.2 Å². The van der Waals surface area contributed by atoms with Gasteiger partial charge in [0.15, 0.2) is 0 Å². The third kappa shape index (κ3) is 3.63. The second-order valence-electron chi connectivity index (χ2n) is 3.64. The largest absolute Gasteiger partial charge is 0.489 e. The molecule has 0 unspecified atom stereocenters. The number of ether oxygens (including phenoxy) is 1. The van der Waals surface area contributed by atoms with Crippen LogP contribution >= 0.6 is 11.6 Å². The van der Waals surface area contributed by atoms with Crippen molar-refractivity contribution in [3.63, 3.8) is 0 Å². The summed E-state index contributed by atoms with van der Waals surface area (Å²) in [5.74, 6) is -1.67. The van der Waals surface area contributed by atoms with Crippen LogP contribution in [0.4, 0.5) is 13.2 Å². The van der Waals surface area contributed by atoms with Crippen LogP contribution in [0.2, 0.25) is 5.02 Å². The monoisotopic (exact) mass is 266 g/mol. The number of rotatable bonds is 3. The van der Waals surface area contributed by atoms with Gasteiger partial charge in [0.1, 0.15) is 5.75 Å². The van der Waals surface area contributed by atoms with E-state index in [0.29, 0.717) is 0 Å². The second-order valence-corrected chi connectivity index (χ2v) is 4.05. The van der Waals surface area contributed by atoms with Gasteiger partial charge in [0, 0.05) is 5.56 Å². The van der Waals surface area contributed by atoms with E-state index < -0.39 is 17.5 Å². The highest BCUT2D eigenvalue weighted by Crippen LogP contribution is 2.29. The molecule has 94 valence electrons. The summed E-state index contributed by atoms with van der Waals surface area (Å²) in [6.07, 6.45) is -5.05. The van der Waals surface area contributed by atoms with Crippen molar-refractivity contribution in [2.45, 2.75) is 26.1 Å². The minimum Gasteiger partial charge on any atom is -0.489 e. The van der Waals surface area contributed by atoms with Gasteiger partial charge in [0.25, 0.3) is 5.78 Å². The predicted molar refractivity (Wildman–Crippen MR) is 57.6 cm³/mol. The van der Waals surface area contributed by atoms with Crippen LogP contribution in [0.25, 0.3) is 0 Å². The molecule has 0 N–H and O–H groups in total. The zero-order chi connectivity index (χ0) is 13.2. The van der Waals surface area contributed by atoms with E-state index in [1.807, 2.05) is 0 Å². The van der Waals surface area contributed by atoms with Crippen LogP contribution in [0.3, 0.4) is 0 Å². The summed E-state index contributed by atoms with van der Waals surface area (Å²) in [5, 5.41) is -0.0196. The van der Waals surface area contributed by atoms with E-state index in [1.54, 1.807) is 13.8 Å². The number of benzene rings is 1. The predicted octanol–water partition coefficient (Wildman–Crippen LogP) is 3.87. The summed E-state index contributed by atoms with van der Waals surface area (Å²) < 4.78 is 41.7. The molecule has 17 heavy (non-hydrogen) atoms. The summed E-state index contributed by atoms with van der Waals surface area (Å²) in [5.41, 5.74) is -0.501. The zero-order valence-electron chi connectivity index (χ0n) is 9.14. The molecule has 0 fully saturated rings. The van der Waals surface area contributed by atoms with Crippen molar-refractivity contribution in [2.75, 3.05) is 0 Å². The summed E-state index contributed by atoms with van der Waals surface area (Å²) in [7, 11) is 0. The molecule has 0 bridgehead atoms. The number of alkyl halides is 3. The Kier molecular flexibility index (Phi) is 4.03. The number of Topliss-reactive ketones (excluding diaryl/α,β-unsaturated/α-hetero) is 1. The normalized spacial score (nSPS) is 11.7. The molecule has 0 aliphatic heterocycles. The molecule has 1 aromatic carbocycles. The molecular formula is C11H10ClF3O2. The van der Waals surface area contributed by atoms with Crippen molar-refractivity contribution in [3.8, 4) is 5.75 Å². The standard InChI is InChI=1S/C11H10ClF3O2/c1-6(2)17-9-4-3-7(5-8(9)12)10(16)11(13,14)15/h3-6H,1-2H3. The number of halogens is 4. The van der Waals surface area contributed by atoms with Gasteiger partial charge in [0.05, 0.1) is 11.1 Å². The lowest BCUT2D eigenvalue weighted by Crippen LogP contribution is -2.22. The summed E-state index contributed by atoms with van der Waals surface area (Å²) in [4.78, 5) is 10.9. The quantitative estimate of drug-likeness (QED) is 0.776. The maximum Gasteiger partial charge on any atom is 0.454 e. The van der Waals surface area contributed by atoms with Crippen molar-refractivity contribution >= 4 is 17.4 Å². The highest BCUT2D eigenvalue weighted by atomic mass is 35.5. The number of ketones is 1. The summed E-state index contributed by atoms with van der Waals surface area (Å²) in [6.45, 7) is 3.51. The Morgan fingerprint density at radius 3 is 2.35 bits per heavy atom. The van der Waals surface area contributed by atoms with Gasteiger partial charge in [-0.15, -0.1) is 0 Å².